The largest absolute Gasteiger partial charge is 0.462 e. The zero-order valence-electron chi connectivity index (χ0n) is 45.2. The molecule has 6 nitrogen and oxygen atoms in total. The third-order valence-corrected chi connectivity index (χ3v) is 11.0. The molecule has 0 aromatic heterocycles. The van der Waals surface area contributed by atoms with Crippen LogP contribution >= 0.6 is 0 Å². The van der Waals surface area contributed by atoms with Crippen LogP contribution in [0, 0.1) is 0 Å². The highest BCUT2D eigenvalue weighted by molar-refractivity contribution is 5.71. The lowest BCUT2D eigenvalue weighted by Crippen LogP contribution is -2.30. The summed E-state index contributed by atoms with van der Waals surface area (Å²) in [6.45, 7) is 6.28. The maximum Gasteiger partial charge on any atom is 0.306 e. The number of unbranched alkanes of at least 4 members (excludes halogenated alkanes) is 11. The van der Waals surface area contributed by atoms with Gasteiger partial charge in [0.05, 0.1) is 0 Å². The Kier molecular flexibility index (Phi) is 53.6. The maximum absolute atomic E-state index is 12.8. The lowest BCUT2D eigenvalue weighted by molar-refractivity contribution is -0.167. The number of esters is 3. The highest BCUT2D eigenvalue weighted by atomic mass is 16.6. The van der Waals surface area contributed by atoms with Gasteiger partial charge in [-0.15, -0.1) is 0 Å². The van der Waals surface area contributed by atoms with Crippen LogP contribution in [-0.4, -0.2) is 37.2 Å². The minimum Gasteiger partial charge on any atom is -0.462 e. The molecule has 0 saturated carbocycles. The molecule has 0 radical (unpaired) electrons. The van der Waals surface area contributed by atoms with Crippen LogP contribution in [-0.2, 0) is 28.6 Å². The van der Waals surface area contributed by atoms with Gasteiger partial charge < -0.3 is 14.2 Å². The van der Waals surface area contributed by atoms with Crippen molar-refractivity contribution in [3.8, 4) is 0 Å². The first-order chi connectivity index (χ1) is 35.0. The minimum atomic E-state index is -0.831. The molecule has 0 aromatic carbocycles. The van der Waals surface area contributed by atoms with E-state index in [2.05, 4.69) is 179 Å². The van der Waals surface area contributed by atoms with Crippen molar-refractivity contribution in [2.45, 2.75) is 219 Å². The lowest BCUT2D eigenvalue weighted by atomic mass is 10.1. The van der Waals surface area contributed by atoms with Crippen LogP contribution < -0.4 is 0 Å². The number of ether oxygens (including phenoxy) is 3. The van der Waals surface area contributed by atoms with Gasteiger partial charge in [-0.2, -0.15) is 0 Å². The highest BCUT2D eigenvalue weighted by Gasteiger charge is 2.19. The van der Waals surface area contributed by atoms with Crippen LogP contribution in [0.2, 0.25) is 0 Å². The van der Waals surface area contributed by atoms with Crippen molar-refractivity contribution < 1.29 is 28.6 Å². The molecule has 71 heavy (non-hydrogen) atoms. The quantitative estimate of drug-likeness (QED) is 0.0262. The van der Waals surface area contributed by atoms with Crippen molar-refractivity contribution in [2.75, 3.05) is 13.2 Å². The van der Waals surface area contributed by atoms with E-state index in [0.717, 1.165) is 122 Å². The molecule has 0 N–H and O–H groups in total. The van der Waals surface area contributed by atoms with Gasteiger partial charge >= 0.3 is 17.9 Å². The fraction of sp³-hybridized carbons (Fsp3) is 0.554. The topological polar surface area (TPSA) is 78.9 Å². The molecule has 0 aliphatic heterocycles. The Morgan fingerprint density at radius 2 is 0.563 bits per heavy atom. The van der Waals surface area contributed by atoms with E-state index in [-0.39, 0.29) is 44.0 Å². The van der Waals surface area contributed by atoms with Gasteiger partial charge in [-0.1, -0.05) is 230 Å². The predicted octanol–water partition coefficient (Wildman–Crippen LogP) is 19.0. The molecular formula is C65H100O6. The molecule has 1 atom stereocenters. The second-order valence-corrected chi connectivity index (χ2v) is 17.7. The van der Waals surface area contributed by atoms with Crippen LogP contribution in [0.25, 0.3) is 0 Å². The molecular weight excluding hydrogens is 877 g/mol. The fourth-order valence-corrected chi connectivity index (χ4v) is 6.90. The number of carbonyl (C=O) groups is 3. The Labute approximate surface area is 435 Å². The Balaban J connectivity index is 4.46. The van der Waals surface area contributed by atoms with E-state index in [1.807, 2.05) is 0 Å². The average Bonchev–Trinajstić information content (AvgIpc) is 3.37. The molecule has 0 rings (SSSR count). The molecule has 0 aliphatic rings. The van der Waals surface area contributed by atoms with E-state index in [1.165, 1.54) is 38.5 Å². The molecule has 0 saturated heterocycles. The molecule has 0 spiro atoms. The van der Waals surface area contributed by atoms with Crippen LogP contribution in [0.15, 0.2) is 158 Å². The first kappa shape index (κ1) is 66.0. The first-order valence-electron chi connectivity index (χ1n) is 28.0. The molecule has 0 amide bonds. The Hall–Kier alpha value is -4.97. The summed E-state index contributed by atoms with van der Waals surface area (Å²) in [5.74, 6) is -1.04. The highest BCUT2D eigenvalue weighted by Crippen LogP contribution is 2.12. The maximum atomic E-state index is 12.8. The van der Waals surface area contributed by atoms with Gasteiger partial charge in [0, 0.05) is 19.3 Å². The van der Waals surface area contributed by atoms with Crippen molar-refractivity contribution in [3.63, 3.8) is 0 Å². The molecule has 1 unspecified atom stereocenters. The minimum absolute atomic E-state index is 0.120. The van der Waals surface area contributed by atoms with Gasteiger partial charge in [-0.05, 0) is 122 Å². The average molecular weight is 978 g/mol. The van der Waals surface area contributed by atoms with Gasteiger partial charge in [0.2, 0.25) is 0 Å². The van der Waals surface area contributed by atoms with Gasteiger partial charge in [0.1, 0.15) is 13.2 Å². The van der Waals surface area contributed by atoms with Crippen molar-refractivity contribution in [3.05, 3.63) is 158 Å². The smallest absolute Gasteiger partial charge is 0.306 e. The predicted molar refractivity (Wildman–Crippen MR) is 306 cm³/mol. The van der Waals surface area contributed by atoms with Crippen molar-refractivity contribution in [1.82, 2.24) is 0 Å². The Bertz CT molecular complexity index is 1640. The van der Waals surface area contributed by atoms with Gasteiger partial charge in [-0.25, -0.2) is 0 Å². The molecule has 0 bridgehead atoms. The van der Waals surface area contributed by atoms with E-state index < -0.39 is 6.10 Å². The van der Waals surface area contributed by atoms with Crippen LogP contribution in [0.4, 0.5) is 0 Å². The standard InChI is InChI=1S/C65H100O6/c1-4-7-10-13-16-19-21-23-25-27-28-29-30-31-32-33-34-35-36-38-39-41-43-46-49-52-55-58-64(67)70-61-62(60-69-63(66)57-54-51-48-45-18-15-12-9-6-3)71-65(68)59-56-53-50-47-44-42-40-37-26-24-22-20-17-14-11-8-5-2/h7-8,10-11,16-17,19-20,23-26,28-29,31-32,34-35,38-40,42-43,46-47,50,62H,4-6,9,12-15,18,21-22,27,30,33,36-37,41,44-45,48-49,51-61H2,1-3H3/b10-7-,11-8-,19-16-,20-17-,25-23-,26-24-,29-28-,32-31-,35-34-,39-38-,42-40-,46-43-,50-47-. The van der Waals surface area contributed by atoms with E-state index in [0.29, 0.717) is 19.3 Å². The monoisotopic (exact) mass is 977 g/mol. The third-order valence-electron chi connectivity index (χ3n) is 11.0. The number of allylic oxidation sites excluding steroid dienone is 26. The van der Waals surface area contributed by atoms with Gasteiger partial charge in [0.25, 0.3) is 0 Å². The summed E-state index contributed by atoms with van der Waals surface area (Å²) in [4.78, 5) is 38.0. The van der Waals surface area contributed by atoms with Gasteiger partial charge in [-0.3, -0.25) is 14.4 Å². The zero-order chi connectivity index (χ0) is 51.4. The summed E-state index contributed by atoms with van der Waals surface area (Å²) in [5.41, 5.74) is 0. The number of rotatable bonds is 48. The molecule has 0 aromatic rings. The lowest BCUT2D eigenvalue weighted by Gasteiger charge is -2.18. The van der Waals surface area contributed by atoms with Crippen LogP contribution in [0.1, 0.15) is 213 Å². The Morgan fingerprint density at radius 3 is 0.901 bits per heavy atom. The fourth-order valence-electron chi connectivity index (χ4n) is 6.90. The van der Waals surface area contributed by atoms with Crippen molar-refractivity contribution in [2.24, 2.45) is 0 Å². The number of hydrogen-bond acceptors (Lipinski definition) is 6. The molecule has 396 valence electrons. The zero-order valence-corrected chi connectivity index (χ0v) is 45.2. The van der Waals surface area contributed by atoms with E-state index in [4.69, 9.17) is 14.2 Å². The van der Waals surface area contributed by atoms with Crippen LogP contribution in [0.3, 0.4) is 0 Å². The summed E-state index contributed by atoms with van der Waals surface area (Å²) in [6.07, 6.45) is 83.9. The first-order valence-corrected chi connectivity index (χ1v) is 28.0. The summed E-state index contributed by atoms with van der Waals surface area (Å²) in [5, 5.41) is 0. The van der Waals surface area contributed by atoms with E-state index in [9.17, 15) is 14.4 Å². The van der Waals surface area contributed by atoms with E-state index >= 15 is 0 Å². The normalized spacial score (nSPS) is 13.3. The van der Waals surface area contributed by atoms with E-state index in [1.54, 1.807) is 0 Å². The molecule has 0 aliphatic carbocycles. The SMILES string of the molecule is CC/C=C\C/C=C\C/C=C\C/C=C\C/C=C\C/C=C\C/C=C\C/C=C\CCCCC(=O)OCC(COC(=O)CCCCCCCCCCC)OC(=O)CCC/C=C\C/C=C\C/C=C\C/C=C\C/C=C\CC. The number of hydrogen-bond donors (Lipinski definition) is 0. The Morgan fingerprint density at radius 1 is 0.296 bits per heavy atom. The van der Waals surface area contributed by atoms with Crippen molar-refractivity contribution in [1.29, 1.82) is 0 Å². The summed E-state index contributed by atoms with van der Waals surface area (Å²) >= 11 is 0. The van der Waals surface area contributed by atoms with Crippen LogP contribution in [0.5, 0.6) is 0 Å². The van der Waals surface area contributed by atoms with Crippen molar-refractivity contribution >= 4 is 17.9 Å². The second kappa shape index (κ2) is 57.6. The summed E-state index contributed by atoms with van der Waals surface area (Å²) in [6, 6.07) is 0. The molecule has 0 fully saturated rings. The second-order valence-electron chi connectivity index (χ2n) is 17.7. The summed E-state index contributed by atoms with van der Waals surface area (Å²) in [7, 11) is 0. The summed E-state index contributed by atoms with van der Waals surface area (Å²) < 4.78 is 16.7. The number of carbonyl (C=O) groups excluding carboxylic acids is 3. The van der Waals surface area contributed by atoms with Gasteiger partial charge in [0.15, 0.2) is 6.10 Å². The third kappa shape index (κ3) is 55.8. The molecule has 6 heteroatoms. The molecule has 0 heterocycles.